The van der Waals surface area contributed by atoms with Gasteiger partial charge in [-0.15, -0.1) is 11.3 Å². The summed E-state index contributed by atoms with van der Waals surface area (Å²) in [5, 5.41) is 9.72. The number of carbonyl (C=O) groups is 1. The fraction of sp³-hybridized carbons (Fsp3) is 0.143. The third kappa shape index (κ3) is 4.17. The van der Waals surface area contributed by atoms with Crippen molar-refractivity contribution in [3.63, 3.8) is 0 Å². The van der Waals surface area contributed by atoms with Crippen LogP contribution in [-0.2, 0) is 6.54 Å². The average Bonchev–Trinajstić information content (AvgIpc) is 3.42. The number of hydrogen-bond acceptors (Lipinski definition) is 7. The average molecular weight is 406 g/mol. The number of para-hydroxylation sites is 1. The number of amides is 1. The summed E-state index contributed by atoms with van der Waals surface area (Å²) in [4.78, 5) is 21.1. The predicted octanol–water partition coefficient (Wildman–Crippen LogP) is 4.11. The highest BCUT2D eigenvalue weighted by Crippen LogP contribution is 2.26. The summed E-state index contributed by atoms with van der Waals surface area (Å²) in [5.74, 6) is 0.514. The molecule has 0 aliphatic heterocycles. The van der Waals surface area contributed by atoms with Gasteiger partial charge in [0, 0.05) is 28.6 Å². The first-order chi connectivity index (χ1) is 14.1. The highest BCUT2D eigenvalue weighted by Gasteiger charge is 2.17. The molecule has 146 valence electrons. The molecule has 0 atom stereocenters. The van der Waals surface area contributed by atoms with E-state index in [0.717, 1.165) is 27.4 Å². The van der Waals surface area contributed by atoms with Crippen molar-refractivity contribution in [2.45, 2.75) is 13.5 Å². The molecule has 0 radical (unpaired) electrons. The number of nitrogens with zero attached hydrogens (tertiary/aromatic N) is 3. The molecule has 2 heterocycles. The van der Waals surface area contributed by atoms with Crippen LogP contribution < -0.4 is 10.1 Å². The first kappa shape index (κ1) is 18.8. The van der Waals surface area contributed by atoms with E-state index >= 15 is 0 Å². The lowest BCUT2D eigenvalue weighted by Crippen LogP contribution is -2.23. The van der Waals surface area contributed by atoms with Crippen molar-refractivity contribution in [2.24, 2.45) is 0 Å². The van der Waals surface area contributed by atoms with E-state index in [1.807, 2.05) is 60.8 Å². The fourth-order valence-corrected chi connectivity index (χ4v) is 3.47. The van der Waals surface area contributed by atoms with Crippen LogP contribution in [0.5, 0.6) is 5.75 Å². The molecule has 0 spiro atoms. The van der Waals surface area contributed by atoms with Crippen LogP contribution in [0.15, 0.2) is 58.4 Å². The van der Waals surface area contributed by atoms with Crippen LogP contribution in [-0.4, -0.2) is 28.1 Å². The maximum atomic E-state index is 12.4. The molecule has 2 aromatic carbocycles. The highest BCUT2D eigenvalue weighted by atomic mass is 32.1. The van der Waals surface area contributed by atoms with Gasteiger partial charge >= 0.3 is 11.8 Å². The molecule has 29 heavy (non-hydrogen) atoms. The van der Waals surface area contributed by atoms with Gasteiger partial charge in [0.2, 0.25) is 5.82 Å². The number of aryl methyl sites for hydroxylation is 1. The van der Waals surface area contributed by atoms with Crippen LogP contribution >= 0.6 is 11.3 Å². The van der Waals surface area contributed by atoms with E-state index in [0.29, 0.717) is 18.1 Å². The summed E-state index contributed by atoms with van der Waals surface area (Å²) in [6, 6.07) is 15.1. The van der Waals surface area contributed by atoms with Crippen molar-refractivity contribution >= 4 is 17.2 Å². The van der Waals surface area contributed by atoms with Gasteiger partial charge < -0.3 is 14.6 Å². The second-order valence-corrected chi connectivity index (χ2v) is 7.31. The Morgan fingerprint density at radius 2 is 1.97 bits per heavy atom. The summed E-state index contributed by atoms with van der Waals surface area (Å²) < 4.78 is 10.4. The third-order valence-corrected chi connectivity index (χ3v) is 5.06. The topological polar surface area (TPSA) is 90.1 Å². The summed E-state index contributed by atoms with van der Waals surface area (Å²) in [6.45, 7) is 2.26. The van der Waals surface area contributed by atoms with Crippen molar-refractivity contribution in [3.8, 4) is 28.4 Å². The van der Waals surface area contributed by atoms with Crippen molar-refractivity contribution < 1.29 is 14.1 Å². The van der Waals surface area contributed by atoms with Gasteiger partial charge in [-0.2, -0.15) is 4.98 Å². The zero-order valence-corrected chi connectivity index (χ0v) is 16.7. The molecule has 4 rings (SSSR count). The van der Waals surface area contributed by atoms with Gasteiger partial charge in [0.25, 0.3) is 0 Å². The summed E-state index contributed by atoms with van der Waals surface area (Å²) in [6.07, 6.45) is 0. The molecule has 8 heteroatoms. The lowest BCUT2D eigenvalue weighted by molar-refractivity contribution is 0.0906. The van der Waals surface area contributed by atoms with E-state index in [4.69, 9.17) is 9.26 Å². The molecule has 1 amide bonds. The van der Waals surface area contributed by atoms with Crippen LogP contribution in [0, 0.1) is 6.92 Å². The van der Waals surface area contributed by atoms with E-state index in [2.05, 4.69) is 20.4 Å². The van der Waals surface area contributed by atoms with Gasteiger partial charge in [-0.25, -0.2) is 4.98 Å². The molecule has 2 aromatic heterocycles. The normalized spacial score (nSPS) is 10.7. The van der Waals surface area contributed by atoms with E-state index < -0.39 is 5.91 Å². The zero-order chi connectivity index (χ0) is 20.2. The number of methoxy groups -OCH3 is 1. The number of rotatable bonds is 6. The Morgan fingerprint density at radius 3 is 2.76 bits per heavy atom. The van der Waals surface area contributed by atoms with Crippen molar-refractivity contribution in [3.05, 3.63) is 70.4 Å². The van der Waals surface area contributed by atoms with E-state index in [-0.39, 0.29) is 5.89 Å². The minimum absolute atomic E-state index is 0.0928. The van der Waals surface area contributed by atoms with Crippen LogP contribution in [0.1, 0.15) is 21.3 Å². The Hall–Kier alpha value is -3.52. The Labute approximate surface area is 171 Å². The maximum Gasteiger partial charge on any atom is 0.316 e. The van der Waals surface area contributed by atoms with Crippen LogP contribution in [0.2, 0.25) is 0 Å². The van der Waals surface area contributed by atoms with Crippen molar-refractivity contribution in [1.82, 2.24) is 20.4 Å². The number of thiazole rings is 1. The second-order valence-electron chi connectivity index (χ2n) is 6.25. The highest BCUT2D eigenvalue weighted by molar-refractivity contribution is 7.09. The smallest absolute Gasteiger partial charge is 0.316 e. The van der Waals surface area contributed by atoms with Crippen molar-refractivity contribution in [2.75, 3.05) is 7.11 Å². The van der Waals surface area contributed by atoms with E-state index in [9.17, 15) is 4.79 Å². The first-order valence-corrected chi connectivity index (χ1v) is 9.79. The molecule has 7 nitrogen and oxygen atoms in total. The van der Waals surface area contributed by atoms with E-state index in [1.54, 1.807) is 18.4 Å². The number of carbonyl (C=O) groups excluding carboxylic acids is 1. The molecule has 0 saturated carbocycles. The molecule has 0 saturated heterocycles. The molecular weight excluding hydrogens is 388 g/mol. The predicted molar refractivity (Wildman–Crippen MR) is 110 cm³/mol. The first-order valence-electron chi connectivity index (χ1n) is 8.91. The van der Waals surface area contributed by atoms with Gasteiger partial charge in [0.05, 0.1) is 17.8 Å². The second kappa shape index (κ2) is 8.24. The van der Waals surface area contributed by atoms with Gasteiger partial charge in [-0.3, -0.25) is 4.79 Å². The molecule has 0 aliphatic rings. The summed E-state index contributed by atoms with van der Waals surface area (Å²) >= 11 is 1.59. The standard InChI is InChI=1S/C21H18N4O3S/c1-13-23-17(12-29-13)14-7-5-8-15(10-14)19-24-21(28-25-19)20(26)22-11-16-6-3-4-9-18(16)27-2/h3-10,12H,11H2,1-2H3,(H,22,26). The monoisotopic (exact) mass is 406 g/mol. The Morgan fingerprint density at radius 1 is 1.14 bits per heavy atom. The third-order valence-electron chi connectivity index (χ3n) is 4.29. The Balaban J connectivity index is 1.49. The molecule has 0 bridgehead atoms. The van der Waals surface area contributed by atoms with E-state index in [1.165, 1.54) is 0 Å². The zero-order valence-electron chi connectivity index (χ0n) is 15.9. The molecule has 0 fully saturated rings. The lowest BCUT2D eigenvalue weighted by atomic mass is 10.1. The fourth-order valence-electron chi connectivity index (χ4n) is 2.85. The number of nitrogens with one attached hydrogen (secondary N) is 1. The number of hydrogen-bond donors (Lipinski definition) is 1. The number of ether oxygens (including phenoxy) is 1. The lowest BCUT2D eigenvalue weighted by Gasteiger charge is -2.07. The minimum Gasteiger partial charge on any atom is -0.496 e. The quantitative estimate of drug-likeness (QED) is 0.518. The van der Waals surface area contributed by atoms with Crippen LogP contribution in [0.25, 0.3) is 22.6 Å². The van der Waals surface area contributed by atoms with Gasteiger partial charge in [0.15, 0.2) is 0 Å². The molecule has 1 N–H and O–H groups in total. The van der Waals surface area contributed by atoms with Crippen LogP contribution in [0.3, 0.4) is 0 Å². The number of benzene rings is 2. The summed E-state index contributed by atoms with van der Waals surface area (Å²) in [5.41, 5.74) is 3.46. The molecule has 0 unspecified atom stereocenters. The molecule has 4 aromatic rings. The van der Waals surface area contributed by atoms with Crippen LogP contribution in [0.4, 0.5) is 0 Å². The SMILES string of the molecule is COc1ccccc1CNC(=O)c1nc(-c2cccc(-c3csc(C)n3)c2)no1. The molecular formula is C21H18N4O3S. The number of aromatic nitrogens is 3. The minimum atomic E-state index is -0.444. The Bertz CT molecular complexity index is 1150. The Kier molecular flexibility index (Phi) is 5.35. The largest absolute Gasteiger partial charge is 0.496 e. The van der Waals surface area contributed by atoms with Gasteiger partial charge in [-0.05, 0) is 19.1 Å². The van der Waals surface area contributed by atoms with Crippen molar-refractivity contribution in [1.29, 1.82) is 0 Å². The maximum absolute atomic E-state index is 12.4. The molecule has 0 aliphatic carbocycles. The summed E-state index contributed by atoms with van der Waals surface area (Å²) in [7, 11) is 1.59. The van der Waals surface area contributed by atoms with Gasteiger partial charge in [0.1, 0.15) is 5.75 Å². The van der Waals surface area contributed by atoms with Gasteiger partial charge in [-0.1, -0.05) is 41.6 Å².